The fourth-order valence-electron chi connectivity index (χ4n) is 2.03. The normalized spacial score (nSPS) is 14.3. The SMILES string of the molecule is Cc1ccc(S(=O)(=O)N[C@](C)(C(=O)Cl)c2ccccc2)cc1. The van der Waals surface area contributed by atoms with Gasteiger partial charge in [0, 0.05) is 0 Å². The lowest BCUT2D eigenvalue weighted by atomic mass is 9.95. The second kappa shape index (κ2) is 6.20. The Morgan fingerprint density at radius 1 is 1.05 bits per heavy atom. The maximum atomic E-state index is 12.5. The zero-order valence-electron chi connectivity index (χ0n) is 12.2. The molecule has 2 rings (SSSR count). The topological polar surface area (TPSA) is 63.2 Å². The summed E-state index contributed by atoms with van der Waals surface area (Å²) in [6.07, 6.45) is 0. The van der Waals surface area contributed by atoms with Crippen molar-refractivity contribution < 1.29 is 13.2 Å². The molecule has 0 unspecified atom stereocenters. The second-order valence-electron chi connectivity index (χ2n) is 5.18. The molecule has 0 aliphatic heterocycles. The van der Waals surface area contributed by atoms with Crippen LogP contribution in [0, 0.1) is 6.92 Å². The third kappa shape index (κ3) is 3.38. The van der Waals surface area contributed by atoms with Gasteiger partial charge in [-0.15, -0.1) is 0 Å². The first-order chi connectivity index (χ1) is 10.3. The van der Waals surface area contributed by atoms with Gasteiger partial charge in [0.25, 0.3) is 0 Å². The van der Waals surface area contributed by atoms with Crippen LogP contribution >= 0.6 is 11.6 Å². The third-order valence-corrected chi connectivity index (χ3v) is 5.36. The average Bonchev–Trinajstić information content (AvgIpc) is 2.48. The van der Waals surface area contributed by atoms with Crippen LogP contribution in [-0.4, -0.2) is 13.7 Å². The summed E-state index contributed by atoms with van der Waals surface area (Å²) in [5.74, 6) is 0. The lowest BCUT2D eigenvalue weighted by Gasteiger charge is -2.27. The molecule has 0 aliphatic rings. The van der Waals surface area contributed by atoms with E-state index < -0.39 is 20.8 Å². The van der Waals surface area contributed by atoms with Gasteiger partial charge in [-0.2, -0.15) is 4.72 Å². The molecule has 0 amide bonds. The monoisotopic (exact) mass is 337 g/mol. The molecule has 0 aliphatic carbocycles. The van der Waals surface area contributed by atoms with Crippen LogP contribution in [0.3, 0.4) is 0 Å². The molecule has 0 heterocycles. The van der Waals surface area contributed by atoms with E-state index in [-0.39, 0.29) is 4.90 Å². The van der Waals surface area contributed by atoms with Crippen molar-refractivity contribution in [3.63, 3.8) is 0 Å². The van der Waals surface area contributed by atoms with E-state index >= 15 is 0 Å². The third-order valence-electron chi connectivity index (χ3n) is 3.41. The lowest BCUT2D eigenvalue weighted by Crippen LogP contribution is -2.47. The predicted molar refractivity (Wildman–Crippen MR) is 86.2 cm³/mol. The largest absolute Gasteiger partial charge is 0.279 e. The van der Waals surface area contributed by atoms with Crippen molar-refractivity contribution in [3.8, 4) is 0 Å². The van der Waals surface area contributed by atoms with Crippen molar-refractivity contribution >= 4 is 26.9 Å². The lowest BCUT2D eigenvalue weighted by molar-refractivity contribution is -0.116. The molecule has 0 aromatic heterocycles. The fourth-order valence-corrected chi connectivity index (χ4v) is 3.60. The van der Waals surface area contributed by atoms with Gasteiger partial charge in [0.05, 0.1) is 4.90 Å². The van der Waals surface area contributed by atoms with E-state index in [4.69, 9.17) is 11.6 Å². The van der Waals surface area contributed by atoms with Gasteiger partial charge in [0.2, 0.25) is 15.3 Å². The van der Waals surface area contributed by atoms with E-state index in [0.29, 0.717) is 5.56 Å². The zero-order valence-corrected chi connectivity index (χ0v) is 13.8. The Kier molecular flexibility index (Phi) is 4.70. The first-order valence-corrected chi connectivity index (χ1v) is 8.48. The standard InChI is InChI=1S/C16H16ClNO3S/c1-12-8-10-14(11-9-12)22(20,21)18-16(2,15(17)19)13-6-4-3-5-7-13/h3-11,18H,1-2H3/t16-/m0/s1. The smallest absolute Gasteiger partial charge is 0.247 e. The Morgan fingerprint density at radius 2 is 1.59 bits per heavy atom. The van der Waals surface area contributed by atoms with Crippen molar-refractivity contribution in [2.45, 2.75) is 24.3 Å². The summed E-state index contributed by atoms with van der Waals surface area (Å²) < 4.78 is 27.4. The van der Waals surface area contributed by atoms with Gasteiger partial charge >= 0.3 is 0 Å². The van der Waals surface area contributed by atoms with Crippen molar-refractivity contribution in [1.29, 1.82) is 0 Å². The number of hydrogen-bond donors (Lipinski definition) is 1. The number of hydrogen-bond acceptors (Lipinski definition) is 3. The summed E-state index contributed by atoms with van der Waals surface area (Å²) in [5, 5.41) is -0.797. The van der Waals surface area contributed by atoms with Crippen LogP contribution in [0.15, 0.2) is 59.5 Å². The predicted octanol–water partition coefficient (Wildman–Crippen LogP) is 2.95. The number of benzene rings is 2. The maximum Gasteiger partial charge on any atom is 0.247 e. The van der Waals surface area contributed by atoms with Gasteiger partial charge in [-0.05, 0) is 43.1 Å². The van der Waals surface area contributed by atoms with E-state index in [1.807, 2.05) is 6.92 Å². The van der Waals surface area contributed by atoms with Crippen LogP contribution in [-0.2, 0) is 20.4 Å². The molecule has 6 heteroatoms. The highest BCUT2D eigenvalue weighted by atomic mass is 35.5. The van der Waals surface area contributed by atoms with Crippen LogP contribution in [0.1, 0.15) is 18.1 Å². The van der Waals surface area contributed by atoms with Crippen LogP contribution in [0.4, 0.5) is 0 Å². The Morgan fingerprint density at radius 3 is 2.09 bits per heavy atom. The van der Waals surface area contributed by atoms with Crippen LogP contribution in [0.25, 0.3) is 0 Å². The molecule has 4 nitrogen and oxygen atoms in total. The van der Waals surface area contributed by atoms with E-state index in [1.54, 1.807) is 42.5 Å². The van der Waals surface area contributed by atoms with Gasteiger partial charge < -0.3 is 0 Å². The molecule has 2 aromatic rings. The molecule has 0 spiro atoms. The van der Waals surface area contributed by atoms with Gasteiger partial charge in [-0.1, -0.05) is 48.0 Å². The average molecular weight is 338 g/mol. The molecule has 116 valence electrons. The molecule has 0 fully saturated rings. The van der Waals surface area contributed by atoms with Gasteiger partial charge in [-0.3, -0.25) is 4.79 Å². The summed E-state index contributed by atoms with van der Waals surface area (Å²) in [7, 11) is -3.88. The summed E-state index contributed by atoms with van der Waals surface area (Å²) in [6.45, 7) is 3.31. The molecule has 0 saturated carbocycles. The van der Waals surface area contributed by atoms with Crippen LogP contribution in [0.5, 0.6) is 0 Å². The summed E-state index contributed by atoms with van der Waals surface area (Å²) >= 11 is 5.67. The number of halogens is 1. The highest BCUT2D eigenvalue weighted by molar-refractivity contribution is 7.89. The minimum atomic E-state index is -3.88. The minimum absolute atomic E-state index is 0.0816. The molecular weight excluding hydrogens is 322 g/mol. The molecule has 0 bridgehead atoms. The molecule has 1 atom stereocenters. The van der Waals surface area contributed by atoms with E-state index in [9.17, 15) is 13.2 Å². The molecule has 2 aromatic carbocycles. The number of carbonyl (C=O) groups excluding carboxylic acids is 1. The van der Waals surface area contributed by atoms with Crippen LogP contribution < -0.4 is 4.72 Å². The first-order valence-electron chi connectivity index (χ1n) is 6.62. The van der Waals surface area contributed by atoms with Crippen molar-refractivity contribution in [3.05, 3.63) is 65.7 Å². The summed E-state index contributed by atoms with van der Waals surface area (Å²) in [6, 6.07) is 14.9. The molecule has 0 radical (unpaired) electrons. The number of carbonyl (C=O) groups is 1. The zero-order chi connectivity index (χ0) is 16.4. The Hall–Kier alpha value is -1.69. The fraction of sp³-hybridized carbons (Fsp3) is 0.188. The number of aryl methyl sites for hydroxylation is 1. The first kappa shape index (κ1) is 16.7. The molecule has 22 heavy (non-hydrogen) atoms. The van der Waals surface area contributed by atoms with Gasteiger partial charge in [-0.25, -0.2) is 8.42 Å². The Labute approximate surface area is 135 Å². The van der Waals surface area contributed by atoms with Crippen LogP contribution in [0.2, 0.25) is 0 Å². The van der Waals surface area contributed by atoms with E-state index in [0.717, 1.165) is 5.56 Å². The van der Waals surface area contributed by atoms with Crippen molar-refractivity contribution in [2.75, 3.05) is 0 Å². The highest BCUT2D eigenvalue weighted by Crippen LogP contribution is 2.26. The minimum Gasteiger partial charge on any atom is -0.279 e. The van der Waals surface area contributed by atoms with Crippen molar-refractivity contribution in [1.82, 2.24) is 4.72 Å². The van der Waals surface area contributed by atoms with E-state index in [2.05, 4.69) is 4.72 Å². The summed E-state index contributed by atoms with van der Waals surface area (Å²) in [4.78, 5) is 11.9. The maximum absolute atomic E-state index is 12.5. The number of nitrogens with one attached hydrogen (secondary N) is 1. The van der Waals surface area contributed by atoms with Gasteiger partial charge in [0.1, 0.15) is 5.54 Å². The highest BCUT2D eigenvalue weighted by Gasteiger charge is 2.38. The summed E-state index contributed by atoms with van der Waals surface area (Å²) in [5.41, 5.74) is -0.115. The van der Waals surface area contributed by atoms with Crippen molar-refractivity contribution in [2.24, 2.45) is 0 Å². The van der Waals surface area contributed by atoms with Gasteiger partial charge in [0.15, 0.2) is 0 Å². The Balaban J connectivity index is 2.44. The molecular formula is C16H16ClNO3S. The Bertz CT molecular complexity index is 773. The number of sulfonamides is 1. The van der Waals surface area contributed by atoms with E-state index in [1.165, 1.54) is 19.1 Å². The number of rotatable bonds is 5. The molecule has 0 saturated heterocycles. The second-order valence-corrected chi connectivity index (χ2v) is 7.21. The molecule has 1 N–H and O–H groups in total. The quantitative estimate of drug-likeness (QED) is 0.853.